The minimum absolute atomic E-state index is 0.102. The number of fused-ring (bicyclic) bond motifs is 1. The molecule has 0 aliphatic carbocycles. The van der Waals surface area contributed by atoms with Crippen LogP contribution in [0.25, 0.3) is 11.3 Å². The Hall–Kier alpha value is -3.42. The Morgan fingerprint density at radius 3 is 2.69 bits per heavy atom. The third kappa shape index (κ3) is 3.53. The van der Waals surface area contributed by atoms with Crippen molar-refractivity contribution in [1.82, 2.24) is 24.6 Å². The van der Waals surface area contributed by atoms with E-state index in [9.17, 15) is 9.59 Å². The van der Waals surface area contributed by atoms with Crippen LogP contribution in [0, 0.1) is 0 Å². The number of nitrogens with one attached hydrogen (secondary N) is 1. The molecule has 150 valence electrons. The zero-order valence-corrected chi connectivity index (χ0v) is 16.5. The number of ether oxygens (including phenoxy) is 1. The van der Waals surface area contributed by atoms with Crippen molar-refractivity contribution in [2.75, 3.05) is 19.7 Å². The van der Waals surface area contributed by atoms with Crippen molar-refractivity contribution in [1.29, 1.82) is 0 Å². The number of aryl methyl sites for hydroxylation is 1. The molecule has 0 saturated heterocycles. The van der Waals surface area contributed by atoms with Gasteiger partial charge in [0.25, 0.3) is 5.91 Å². The summed E-state index contributed by atoms with van der Waals surface area (Å²) in [4.78, 5) is 33.7. The quantitative estimate of drug-likeness (QED) is 0.686. The molecule has 1 aromatic carbocycles. The first kappa shape index (κ1) is 18.9. The number of aromatic nitrogens is 4. The van der Waals surface area contributed by atoms with Gasteiger partial charge in [-0.25, -0.2) is 9.78 Å². The fourth-order valence-corrected chi connectivity index (χ4v) is 3.77. The normalized spacial score (nSPS) is 13.7. The van der Waals surface area contributed by atoms with Crippen LogP contribution < -0.4 is 0 Å². The number of H-pyrrole nitrogens is 1. The number of esters is 1. The van der Waals surface area contributed by atoms with Crippen molar-refractivity contribution in [3.8, 4) is 11.3 Å². The third-order valence-electron chi connectivity index (χ3n) is 5.18. The summed E-state index contributed by atoms with van der Waals surface area (Å²) in [5, 5.41) is 4.72. The van der Waals surface area contributed by atoms with E-state index in [-0.39, 0.29) is 23.9 Å². The van der Waals surface area contributed by atoms with Crippen molar-refractivity contribution in [2.45, 2.75) is 19.8 Å². The lowest BCUT2D eigenvalue weighted by atomic mass is 10.0. The smallest absolute Gasteiger partial charge is 0.357 e. The molecule has 0 fully saturated rings. The van der Waals surface area contributed by atoms with E-state index in [2.05, 4.69) is 9.97 Å². The summed E-state index contributed by atoms with van der Waals surface area (Å²) in [6.45, 7) is 3.03. The average molecular weight is 393 g/mol. The number of amides is 1. The largest absolute Gasteiger partial charge is 0.461 e. The van der Waals surface area contributed by atoms with E-state index >= 15 is 0 Å². The number of benzene rings is 1. The highest BCUT2D eigenvalue weighted by molar-refractivity contribution is 6.02. The lowest BCUT2D eigenvalue weighted by Crippen LogP contribution is -2.34. The van der Waals surface area contributed by atoms with Crippen molar-refractivity contribution < 1.29 is 14.3 Å². The van der Waals surface area contributed by atoms with Crippen molar-refractivity contribution in [3.05, 3.63) is 59.3 Å². The van der Waals surface area contributed by atoms with Gasteiger partial charge < -0.3 is 14.6 Å². The zero-order chi connectivity index (χ0) is 20.4. The van der Waals surface area contributed by atoms with E-state index in [1.54, 1.807) is 11.8 Å². The van der Waals surface area contributed by atoms with E-state index in [1.807, 2.05) is 42.1 Å². The molecule has 0 atom stereocenters. The molecule has 1 amide bonds. The minimum atomic E-state index is -0.568. The monoisotopic (exact) mass is 393 g/mol. The van der Waals surface area contributed by atoms with Crippen LogP contribution in [0.1, 0.15) is 39.2 Å². The first-order chi connectivity index (χ1) is 14.1. The predicted molar refractivity (Wildman–Crippen MR) is 106 cm³/mol. The zero-order valence-electron chi connectivity index (χ0n) is 16.5. The molecule has 0 bridgehead atoms. The van der Waals surface area contributed by atoms with E-state index < -0.39 is 5.97 Å². The molecular formula is C21H23N5O3. The molecule has 0 saturated carbocycles. The van der Waals surface area contributed by atoms with Crippen LogP contribution in [0.2, 0.25) is 0 Å². The second-order valence-corrected chi connectivity index (χ2v) is 6.90. The fourth-order valence-electron chi connectivity index (χ4n) is 3.77. The van der Waals surface area contributed by atoms with Crippen molar-refractivity contribution >= 4 is 11.9 Å². The molecular weight excluding hydrogens is 370 g/mol. The van der Waals surface area contributed by atoms with Crippen molar-refractivity contribution in [2.24, 2.45) is 7.05 Å². The Labute approximate surface area is 168 Å². The standard InChI is InChI=1S/C21H23N5O3/c1-3-29-21(28)19-18(22-13-23-19)20(27)26-11-9-15-16(10-12-26)25(2)24-17(15)14-7-5-4-6-8-14/h4-8,13H,3,9-12H2,1-2H3,(H,22,23). The van der Waals surface area contributed by atoms with Gasteiger partial charge in [-0.2, -0.15) is 5.10 Å². The topological polar surface area (TPSA) is 93.1 Å². The van der Waals surface area contributed by atoms with Crippen molar-refractivity contribution in [3.63, 3.8) is 0 Å². The highest BCUT2D eigenvalue weighted by atomic mass is 16.5. The van der Waals surface area contributed by atoms with Gasteiger partial charge in [-0.3, -0.25) is 9.48 Å². The van der Waals surface area contributed by atoms with Crippen LogP contribution in [0.5, 0.6) is 0 Å². The molecule has 0 unspecified atom stereocenters. The Morgan fingerprint density at radius 2 is 1.93 bits per heavy atom. The molecule has 2 aromatic heterocycles. The third-order valence-corrected chi connectivity index (χ3v) is 5.18. The first-order valence-corrected chi connectivity index (χ1v) is 9.70. The van der Waals surface area contributed by atoms with Gasteiger partial charge in [0.05, 0.1) is 18.6 Å². The maximum Gasteiger partial charge on any atom is 0.357 e. The van der Waals surface area contributed by atoms with Crippen LogP contribution in [-0.2, 0) is 24.6 Å². The van der Waals surface area contributed by atoms with Gasteiger partial charge in [-0.05, 0) is 13.3 Å². The Kier molecular flexibility index (Phi) is 5.16. The summed E-state index contributed by atoms with van der Waals surface area (Å²) >= 11 is 0. The van der Waals surface area contributed by atoms with Gasteiger partial charge in [0.1, 0.15) is 0 Å². The highest BCUT2D eigenvalue weighted by Crippen LogP contribution is 2.28. The first-order valence-electron chi connectivity index (χ1n) is 9.70. The second-order valence-electron chi connectivity index (χ2n) is 6.90. The van der Waals surface area contributed by atoms with Gasteiger partial charge in [0.15, 0.2) is 11.4 Å². The molecule has 1 N–H and O–H groups in total. The van der Waals surface area contributed by atoms with Gasteiger partial charge in [0.2, 0.25) is 0 Å². The van der Waals surface area contributed by atoms with Crippen LogP contribution in [-0.4, -0.2) is 56.2 Å². The van der Waals surface area contributed by atoms with Crippen LogP contribution in [0.15, 0.2) is 36.7 Å². The highest BCUT2D eigenvalue weighted by Gasteiger charge is 2.29. The molecule has 3 heterocycles. The lowest BCUT2D eigenvalue weighted by molar-refractivity contribution is 0.0512. The maximum atomic E-state index is 13.1. The minimum Gasteiger partial charge on any atom is -0.461 e. The van der Waals surface area contributed by atoms with Gasteiger partial charge >= 0.3 is 5.97 Å². The molecule has 0 radical (unpaired) electrons. The lowest BCUT2D eigenvalue weighted by Gasteiger charge is -2.19. The summed E-state index contributed by atoms with van der Waals surface area (Å²) in [6.07, 6.45) is 2.73. The summed E-state index contributed by atoms with van der Waals surface area (Å²) in [5.74, 6) is -0.835. The number of nitrogens with zero attached hydrogens (tertiary/aromatic N) is 4. The average Bonchev–Trinajstić information content (AvgIpc) is 3.27. The summed E-state index contributed by atoms with van der Waals surface area (Å²) in [5.41, 5.74) is 4.54. The number of carbonyl (C=O) groups excluding carboxylic acids is 2. The molecule has 0 spiro atoms. The van der Waals surface area contributed by atoms with Crippen LogP contribution in [0.4, 0.5) is 0 Å². The summed E-state index contributed by atoms with van der Waals surface area (Å²) in [6, 6.07) is 10.1. The van der Waals surface area contributed by atoms with Gasteiger partial charge in [-0.1, -0.05) is 30.3 Å². The van der Waals surface area contributed by atoms with Crippen LogP contribution >= 0.6 is 0 Å². The van der Waals surface area contributed by atoms with E-state index in [4.69, 9.17) is 9.84 Å². The number of hydrogen-bond acceptors (Lipinski definition) is 5. The SMILES string of the molecule is CCOC(=O)c1[nH]cnc1C(=O)N1CCc2c(-c3ccccc3)nn(C)c2CC1. The summed E-state index contributed by atoms with van der Waals surface area (Å²) < 4.78 is 6.92. The number of carbonyl (C=O) groups is 2. The van der Waals surface area contributed by atoms with Crippen LogP contribution in [0.3, 0.4) is 0 Å². The molecule has 1 aliphatic heterocycles. The number of imidazole rings is 1. The Balaban J connectivity index is 1.58. The molecule has 29 heavy (non-hydrogen) atoms. The maximum absolute atomic E-state index is 13.1. The van der Waals surface area contributed by atoms with E-state index in [0.29, 0.717) is 25.9 Å². The molecule has 4 rings (SSSR count). The van der Waals surface area contributed by atoms with Gasteiger partial charge in [0, 0.05) is 43.4 Å². The number of aromatic amines is 1. The molecule has 8 heteroatoms. The summed E-state index contributed by atoms with van der Waals surface area (Å²) in [7, 11) is 1.94. The predicted octanol–water partition coefficient (Wildman–Crippen LogP) is 2.23. The molecule has 1 aliphatic rings. The van der Waals surface area contributed by atoms with Gasteiger partial charge in [-0.15, -0.1) is 0 Å². The molecule has 3 aromatic rings. The Morgan fingerprint density at radius 1 is 1.17 bits per heavy atom. The molecule has 8 nitrogen and oxygen atoms in total. The van der Waals surface area contributed by atoms with E-state index in [1.165, 1.54) is 11.9 Å². The fraction of sp³-hybridized carbons (Fsp3) is 0.333. The number of hydrogen-bond donors (Lipinski definition) is 1. The van der Waals surface area contributed by atoms with E-state index in [0.717, 1.165) is 17.0 Å². The number of rotatable bonds is 4. The Bertz CT molecular complexity index is 1040. The second kappa shape index (κ2) is 7.90.